The van der Waals surface area contributed by atoms with Crippen LogP contribution in [0.1, 0.15) is 0 Å². The highest BCUT2D eigenvalue weighted by Crippen LogP contribution is 2.47. The van der Waals surface area contributed by atoms with Crippen molar-refractivity contribution in [3.63, 3.8) is 0 Å². The lowest BCUT2D eigenvalue weighted by atomic mass is 9.80. The predicted molar refractivity (Wildman–Crippen MR) is 113 cm³/mol. The van der Waals surface area contributed by atoms with E-state index in [0.29, 0.717) is 0 Å². The molecule has 0 amide bonds. The molecule has 0 saturated heterocycles. The molecule has 0 spiro atoms. The van der Waals surface area contributed by atoms with E-state index in [1.54, 1.807) is 0 Å². The second kappa shape index (κ2) is 6.24. The molecule has 29 heavy (non-hydrogen) atoms. The molecular weight excluding hydrogens is 356 g/mol. The van der Waals surface area contributed by atoms with Crippen molar-refractivity contribution in [3.05, 3.63) is 103 Å². The second-order valence-corrected chi connectivity index (χ2v) is 7.09. The van der Waals surface area contributed by atoms with Crippen LogP contribution in [0.15, 0.2) is 103 Å². The van der Waals surface area contributed by atoms with Crippen LogP contribution in [0.3, 0.4) is 0 Å². The summed E-state index contributed by atoms with van der Waals surface area (Å²) < 4.78 is 2.08. The summed E-state index contributed by atoms with van der Waals surface area (Å²) in [5.74, 6) is 0.807. The first-order chi connectivity index (χ1) is 14.4. The molecule has 4 nitrogen and oxygen atoms in total. The standard InChI is InChI=1S/C25H17N4/c1-3-9-18(10-4-1)25-26-27-29(19-11-5-2-6-12-19)28(25)20-15-16-23-21-13-7-8-14-22(21)24(23)17-20/h1-17H/q+1. The van der Waals surface area contributed by atoms with E-state index in [1.807, 2.05) is 53.3 Å². The average Bonchev–Trinajstić information content (AvgIpc) is 3.23. The number of hydrogen-bond donors (Lipinski definition) is 0. The molecule has 4 aromatic carbocycles. The van der Waals surface area contributed by atoms with E-state index in [2.05, 4.69) is 69.6 Å². The first-order valence-electron chi connectivity index (χ1n) is 9.63. The van der Waals surface area contributed by atoms with Gasteiger partial charge in [0.15, 0.2) is 5.21 Å². The third-order valence-electron chi connectivity index (χ3n) is 5.39. The molecule has 1 aliphatic carbocycles. The Morgan fingerprint density at radius 1 is 0.586 bits per heavy atom. The van der Waals surface area contributed by atoms with Gasteiger partial charge in [0.25, 0.3) is 0 Å². The van der Waals surface area contributed by atoms with Gasteiger partial charge >= 0.3 is 5.82 Å². The van der Waals surface area contributed by atoms with E-state index in [-0.39, 0.29) is 0 Å². The third-order valence-corrected chi connectivity index (χ3v) is 5.39. The Bertz CT molecular complexity index is 1280. The van der Waals surface area contributed by atoms with Crippen LogP contribution in [-0.4, -0.2) is 15.1 Å². The van der Waals surface area contributed by atoms with Gasteiger partial charge in [0, 0.05) is 0 Å². The minimum absolute atomic E-state index is 0.807. The number of nitrogens with zero attached hydrogens (tertiary/aromatic N) is 4. The number of hydrogen-bond acceptors (Lipinski definition) is 2. The lowest BCUT2D eigenvalue weighted by molar-refractivity contribution is -0.669. The lowest BCUT2D eigenvalue weighted by Crippen LogP contribution is -2.42. The van der Waals surface area contributed by atoms with Crippen molar-refractivity contribution in [2.24, 2.45) is 0 Å². The first-order valence-corrected chi connectivity index (χ1v) is 9.63. The van der Waals surface area contributed by atoms with Crippen LogP contribution in [0.25, 0.3) is 45.0 Å². The van der Waals surface area contributed by atoms with Crippen molar-refractivity contribution in [1.29, 1.82) is 0 Å². The van der Waals surface area contributed by atoms with Crippen molar-refractivity contribution in [2.75, 3.05) is 0 Å². The molecule has 1 aliphatic rings. The van der Waals surface area contributed by atoms with Gasteiger partial charge in [0.1, 0.15) is 16.5 Å². The molecule has 0 atom stereocenters. The Hall–Kier alpha value is -4.05. The monoisotopic (exact) mass is 373 g/mol. The fourth-order valence-corrected chi connectivity index (χ4v) is 4.00. The maximum Gasteiger partial charge on any atom is 0.337 e. The average molecular weight is 373 g/mol. The van der Waals surface area contributed by atoms with Gasteiger partial charge in [-0.15, -0.1) is 4.68 Å². The second-order valence-electron chi connectivity index (χ2n) is 7.09. The predicted octanol–water partition coefficient (Wildman–Crippen LogP) is 4.86. The van der Waals surface area contributed by atoms with Gasteiger partial charge in [-0.25, -0.2) is 0 Å². The van der Waals surface area contributed by atoms with E-state index < -0.39 is 0 Å². The Kier molecular flexibility index (Phi) is 3.43. The van der Waals surface area contributed by atoms with Gasteiger partial charge < -0.3 is 0 Å². The molecule has 0 fully saturated rings. The number of rotatable bonds is 3. The van der Waals surface area contributed by atoms with Crippen LogP contribution >= 0.6 is 0 Å². The normalized spacial score (nSPS) is 11.4. The van der Waals surface area contributed by atoms with E-state index >= 15 is 0 Å². The third kappa shape index (κ3) is 2.43. The van der Waals surface area contributed by atoms with Gasteiger partial charge in [-0.3, -0.25) is 0 Å². The fourth-order valence-electron chi connectivity index (χ4n) is 4.00. The quantitative estimate of drug-likeness (QED) is 0.415. The van der Waals surface area contributed by atoms with E-state index in [9.17, 15) is 0 Å². The number of para-hydroxylation sites is 1. The summed E-state index contributed by atoms with van der Waals surface area (Å²) in [5.41, 5.74) is 8.20. The summed E-state index contributed by atoms with van der Waals surface area (Å²) in [6, 6.07) is 35.4. The van der Waals surface area contributed by atoms with Crippen LogP contribution in [0.5, 0.6) is 0 Å². The van der Waals surface area contributed by atoms with E-state index in [1.165, 1.54) is 22.3 Å². The van der Waals surface area contributed by atoms with Gasteiger partial charge in [-0.1, -0.05) is 66.7 Å². The smallest absolute Gasteiger partial charge is 0.115 e. The Morgan fingerprint density at radius 2 is 1.21 bits per heavy atom. The SMILES string of the molecule is c1ccc(-c2nnn(-c3ccccc3)[n+]2-c2ccc3c(c2)-c2ccccc2-3)cc1. The summed E-state index contributed by atoms with van der Waals surface area (Å²) in [6.45, 7) is 0. The molecule has 1 heterocycles. The highest BCUT2D eigenvalue weighted by atomic mass is 15.6. The maximum absolute atomic E-state index is 4.53. The van der Waals surface area contributed by atoms with Crippen LogP contribution in [-0.2, 0) is 0 Å². The molecule has 0 aliphatic heterocycles. The highest BCUT2D eigenvalue weighted by molar-refractivity contribution is 6.02. The zero-order valence-corrected chi connectivity index (χ0v) is 15.6. The van der Waals surface area contributed by atoms with Crippen LogP contribution in [0.2, 0.25) is 0 Å². The zero-order valence-electron chi connectivity index (χ0n) is 15.6. The molecule has 0 bridgehead atoms. The molecule has 136 valence electrons. The van der Waals surface area contributed by atoms with E-state index in [0.717, 1.165) is 22.8 Å². The summed E-state index contributed by atoms with van der Waals surface area (Å²) in [5, 5.41) is 9.01. The number of tetrazole rings is 1. The Labute approximate surface area is 168 Å². The molecule has 1 aromatic heterocycles. The van der Waals surface area contributed by atoms with Crippen molar-refractivity contribution in [1.82, 2.24) is 15.1 Å². The van der Waals surface area contributed by atoms with Crippen LogP contribution < -0.4 is 4.68 Å². The topological polar surface area (TPSA) is 34.6 Å². The molecule has 6 rings (SSSR count). The molecule has 0 radical (unpaired) electrons. The highest BCUT2D eigenvalue weighted by Gasteiger charge is 2.28. The van der Waals surface area contributed by atoms with Gasteiger partial charge in [-0.05, 0) is 63.4 Å². The lowest BCUT2D eigenvalue weighted by Gasteiger charge is -2.23. The van der Waals surface area contributed by atoms with Crippen LogP contribution in [0.4, 0.5) is 0 Å². The Morgan fingerprint density at radius 3 is 1.97 bits per heavy atom. The summed E-state index contributed by atoms with van der Waals surface area (Å²) in [6.07, 6.45) is 0. The maximum atomic E-state index is 4.53. The zero-order chi connectivity index (χ0) is 19.2. The summed E-state index contributed by atoms with van der Waals surface area (Å²) in [7, 11) is 0. The first kappa shape index (κ1) is 16.0. The van der Waals surface area contributed by atoms with Crippen molar-refractivity contribution in [2.45, 2.75) is 0 Å². The summed E-state index contributed by atoms with van der Waals surface area (Å²) in [4.78, 5) is 1.86. The number of fused-ring (bicyclic) bond motifs is 4. The van der Waals surface area contributed by atoms with Crippen molar-refractivity contribution < 1.29 is 4.68 Å². The van der Waals surface area contributed by atoms with E-state index in [4.69, 9.17) is 0 Å². The number of aromatic nitrogens is 4. The fraction of sp³-hybridized carbons (Fsp3) is 0. The Balaban J connectivity index is 1.58. The molecular formula is C25H17N4+. The van der Waals surface area contributed by atoms with Crippen molar-refractivity contribution >= 4 is 0 Å². The molecule has 0 N–H and O–H groups in total. The van der Waals surface area contributed by atoms with Gasteiger partial charge in [0.2, 0.25) is 0 Å². The number of benzene rings is 4. The van der Waals surface area contributed by atoms with Crippen LogP contribution in [0, 0.1) is 0 Å². The van der Waals surface area contributed by atoms with Gasteiger partial charge in [-0.2, -0.15) is 0 Å². The van der Waals surface area contributed by atoms with Gasteiger partial charge in [0.05, 0.1) is 5.56 Å². The molecule has 4 heteroatoms. The minimum atomic E-state index is 0.807. The molecule has 0 saturated carbocycles. The molecule has 5 aromatic rings. The minimum Gasteiger partial charge on any atom is -0.115 e. The molecule has 0 unspecified atom stereocenters. The largest absolute Gasteiger partial charge is 0.337 e. The summed E-state index contributed by atoms with van der Waals surface area (Å²) >= 11 is 0. The van der Waals surface area contributed by atoms with Crippen molar-refractivity contribution in [3.8, 4) is 45.0 Å².